The van der Waals surface area contributed by atoms with E-state index >= 15 is 0 Å². The van der Waals surface area contributed by atoms with Crippen molar-refractivity contribution in [1.29, 1.82) is 0 Å². The molecule has 4 nitrogen and oxygen atoms in total. The average molecular weight is 191 g/mol. The Morgan fingerprint density at radius 2 is 2.36 bits per heavy atom. The van der Waals surface area contributed by atoms with Crippen molar-refractivity contribution in [2.75, 3.05) is 25.1 Å². The zero-order valence-electron chi connectivity index (χ0n) is 8.18. The van der Waals surface area contributed by atoms with E-state index in [1.165, 1.54) is 0 Å². The minimum absolute atomic E-state index is 0.615. The fourth-order valence-corrected chi connectivity index (χ4v) is 1.42. The summed E-state index contributed by atoms with van der Waals surface area (Å²) in [4.78, 5) is 10.6. The molecule has 14 heavy (non-hydrogen) atoms. The molecule has 74 valence electrons. The lowest BCUT2D eigenvalue weighted by molar-refractivity contribution is 0.396. The molecule has 1 aromatic heterocycles. The largest absolute Gasteiger partial charge is 0.481 e. The zero-order valence-corrected chi connectivity index (χ0v) is 8.18. The van der Waals surface area contributed by atoms with E-state index in [4.69, 9.17) is 4.74 Å². The second-order valence-electron chi connectivity index (χ2n) is 3.11. The minimum Gasteiger partial charge on any atom is -0.481 e. The number of anilines is 1. The van der Waals surface area contributed by atoms with Crippen LogP contribution in [0.1, 0.15) is 6.42 Å². The van der Waals surface area contributed by atoms with E-state index in [1.807, 2.05) is 0 Å². The lowest BCUT2D eigenvalue weighted by Gasteiger charge is -2.23. The monoisotopic (exact) mass is 191 g/mol. The van der Waals surface area contributed by atoms with Crippen LogP contribution in [0.2, 0.25) is 0 Å². The van der Waals surface area contributed by atoms with Gasteiger partial charge in [0.05, 0.1) is 7.11 Å². The van der Waals surface area contributed by atoms with Crippen LogP contribution < -0.4 is 9.64 Å². The molecule has 0 fully saturated rings. The molecular formula is C10H13N3O. The molecule has 2 rings (SSSR count). The smallest absolute Gasteiger partial charge is 0.228 e. The van der Waals surface area contributed by atoms with Crippen LogP contribution in [0.15, 0.2) is 24.4 Å². The van der Waals surface area contributed by atoms with Gasteiger partial charge in [0.25, 0.3) is 0 Å². The van der Waals surface area contributed by atoms with Crippen molar-refractivity contribution in [3.8, 4) is 5.88 Å². The molecule has 0 bridgehead atoms. The maximum absolute atomic E-state index is 5.05. The van der Waals surface area contributed by atoms with E-state index < -0.39 is 0 Å². The Labute approximate surface area is 83.2 Å². The van der Waals surface area contributed by atoms with E-state index in [0.29, 0.717) is 5.88 Å². The Hall–Kier alpha value is -1.58. The molecular weight excluding hydrogens is 178 g/mol. The van der Waals surface area contributed by atoms with Gasteiger partial charge < -0.3 is 9.64 Å². The van der Waals surface area contributed by atoms with Gasteiger partial charge in [0.1, 0.15) is 0 Å². The van der Waals surface area contributed by atoms with Gasteiger partial charge in [0.15, 0.2) is 0 Å². The maximum Gasteiger partial charge on any atom is 0.228 e. The van der Waals surface area contributed by atoms with Crippen molar-refractivity contribution in [2.24, 2.45) is 0 Å². The van der Waals surface area contributed by atoms with Crippen molar-refractivity contribution in [2.45, 2.75) is 6.42 Å². The number of aromatic nitrogens is 2. The lowest BCUT2D eigenvalue weighted by Crippen LogP contribution is -2.28. The van der Waals surface area contributed by atoms with E-state index in [-0.39, 0.29) is 0 Å². The first-order valence-electron chi connectivity index (χ1n) is 4.67. The van der Waals surface area contributed by atoms with Gasteiger partial charge in [-0.05, 0) is 6.42 Å². The van der Waals surface area contributed by atoms with E-state index in [2.05, 4.69) is 27.0 Å². The van der Waals surface area contributed by atoms with Crippen LogP contribution in [0.3, 0.4) is 0 Å². The van der Waals surface area contributed by atoms with Crippen LogP contribution >= 0.6 is 0 Å². The molecule has 0 unspecified atom stereocenters. The van der Waals surface area contributed by atoms with Crippen molar-refractivity contribution < 1.29 is 4.74 Å². The predicted molar refractivity (Wildman–Crippen MR) is 54.6 cm³/mol. The number of ether oxygens (including phenoxy) is 1. The van der Waals surface area contributed by atoms with Crippen LogP contribution in [-0.2, 0) is 0 Å². The molecule has 0 N–H and O–H groups in total. The number of methoxy groups -OCH3 is 1. The van der Waals surface area contributed by atoms with E-state index in [1.54, 1.807) is 19.4 Å². The van der Waals surface area contributed by atoms with Gasteiger partial charge >= 0.3 is 0 Å². The van der Waals surface area contributed by atoms with Gasteiger partial charge in [-0.25, -0.2) is 4.98 Å². The second kappa shape index (κ2) is 4.09. The average Bonchev–Trinajstić information content (AvgIpc) is 2.30. The summed E-state index contributed by atoms with van der Waals surface area (Å²) in [5, 5.41) is 0. The normalized spacial score (nSPS) is 15.6. The summed E-state index contributed by atoms with van der Waals surface area (Å²) < 4.78 is 5.05. The second-order valence-corrected chi connectivity index (χ2v) is 3.11. The Bertz CT molecular complexity index is 338. The van der Waals surface area contributed by atoms with Crippen molar-refractivity contribution in [3.63, 3.8) is 0 Å². The van der Waals surface area contributed by atoms with Gasteiger partial charge in [0, 0.05) is 25.4 Å². The standard InChI is InChI=1S/C10H13N3O/c1-14-9-5-6-11-10(12-9)13-7-3-2-4-8-13/h2-3,5-6H,4,7-8H2,1H3. The molecule has 1 aromatic rings. The molecule has 0 spiro atoms. The van der Waals surface area contributed by atoms with Gasteiger partial charge in [0.2, 0.25) is 11.8 Å². The molecule has 0 saturated carbocycles. The summed E-state index contributed by atoms with van der Waals surface area (Å²) in [6.45, 7) is 1.86. The van der Waals surface area contributed by atoms with Gasteiger partial charge in [-0.15, -0.1) is 0 Å². The highest BCUT2D eigenvalue weighted by atomic mass is 16.5. The Balaban J connectivity index is 2.18. The summed E-state index contributed by atoms with van der Waals surface area (Å²) in [6.07, 6.45) is 7.09. The first-order valence-corrected chi connectivity index (χ1v) is 4.67. The SMILES string of the molecule is COc1ccnc(N2CC=CCC2)n1. The van der Waals surface area contributed by atoms with Crippen LogP contribution in [0.4, 0.5) is 5.95 Å². The maximum atomic E-state index is 5.05. The quantitative estimate of drug-likeness (QED) is 0.659. The Morgan fingerprint density at radius 3 is 3.07 bits per heavy atom. The molecule has 4 heteroatoms. The van der Waals surface area contributed by atoms with E-state index in [0.717, 1.165) is 25.5 Å². The summed E-state index contributed by atoms with van der Waals surface area (Å²) in [5.74, 6) is 1.36. The summed E-state index contributed by atoms with van der Waals surface area (Å²) >= 11 is 0. The first-order chi connectivity index (χ1) is 6.90. The molecule has 0 saturated heterocycles. The van der Waals surface area contributed by atoms with Gasteiger partial charge in [-0.2, -0.15) is 4.98 Å². The highest BCUT2D eigenvalue weighted by molar-refractivity contribution is 5.34. The molecule has 1 aliphatic heterocycles. The molecule has 0 aromatic carbocycles. The highest BCUT2D eigenvalue weighted by Crippen LogP contribution is 2.14. The third-order valence-electron chi connectivity index (χ3n) is 2.17. The zero-order chi connectivity index (χ0) is 9.80. The van der Waals surface area contributed by atoms with Crippen molar-refractivity contribution in [3.05, 3.63) is 24.4 Å². The molecule has 0 aliphatic carbocycles. The first kappa shape index (κ1) is 8.99. The van der Waals surface area contributed by atoms with Crippen LogP contribution in [0, 0.1) is 0 Å². The molecule has 0 atom stereocenters. The molecule has 2 heterocycles. The molecule has 1 aliphatic rings. The van der Waals surface area contributed by atoms with Crippen LogP contribution in [0.25, 0.3) is 0 Å². The van der Waals surface area contributed by atoms with E-state index in [9.17, 15) is 0 Å². The summed E-state index contributed by atoms with van der Waals surface area (Å²) in [6, 6.07) is 1.75. The Morgan fingerprint density at radius 1 is 1.43 bits per heavy atom. The van der Waals surface area contributed by atoms with Crippen LogP contribution in [0.5, 0.6) is 5.88 Å². The fraction of sp³-hybridized carbons (Fsp3) is 0.400. The number of hydrogen-bond donors (Lipinski definition) is 0. The molecule has 0 radical (unpaired) electrons. The fourth-order valence-electron chi connectivity index (χ4n) is 1.42. The highest BCUT2D eigenvalue weighted by Gasteiger charge is 2.10. The lowest BCUT2D eigenvalue weighted by atomic mass is 10.3. The number of rotatable bonds is 2. The van der Waals surface area contributed by atoms with Crippen LogP contribution in [-0.4, -0.2) is 30.2 Å². The van der Waals surface area contributed by atoms with Gasteiger partial charge in [-0.1, -0.05) is 12.2 Å². The summed E-state index contributed by atoms with van der Waals surface area (Å²) in [7, 11) is 1.61. The summed E-state index contributed by atoms with van der Waals surface area (Å²) in [5.41, 5.74) is 0. The third-order valence-corrected chi connectivity index (χ3v) is 2.17. The number of hydrogen-bond acceptors (Lipinski definition) is 4. The third kappa shape index (κ3) is 1.84. The molecule has 0 amide bonds. The Kier molecular flexibility index (Phi) is 2.62. The van der Waals surface area contributed by atoms with Crippen molar-refractivity contribution >= 4 is 5.95 Å². The van der Waals surface area contributed by atoms with Gasteiger partial charge in [-0.3, -0.25) is 0 Å². The van der Waals surface area contributed by atoms with Crippen molar-refractivity contribution in [1.82, 2.24) is 9.97 Å². The number of nitrogens with zero attached hydrogens (tertiary/aromatic N) is 3. The predicted octanol–water partition coefficient (Wildman–Crippen LogP) is 1.25. The topological polar surface area (TPSA) is 38.2 Å². The minimum atomic E-state index is 0.615.